The van der Waals surface area contributed by atoms with Crippen LogP contribution in [0.25, 0.3) is 0 Å². The molecular formula is C14H18O4S. The van der Waals surface area contributed by atoms with Crippen molar-refractivity contribution in [3.05, 3.63) is 16.3 Å². The number of Topliss-reactive ketones (excluding diaryl/α,β-unsaturated/α-hetero) is 1. The average Bonchev–Trinajstić information content (AvgIpc) is 3.03. The molecule has 104 valence electrons. The Morgan fingerprint density at radius 3 is 2.68 bits per heavy atom. The third-order valence-corrected chi connectivity index (χ3v) is 4.87. The summed E-state index contributed by atoms with van der Waals surface area (Å²) in [5, 5.41) is 11.1. The molecule has 4 nitrogen and oxygen atoms in total. The van der Waals surface area contributed by atoms with Gasteiger partial charge < -0.3 is 9.84 Å². The quantitative estimate of drug-likeness (QED) is 0.843. The van der Waals surface area contributed by atoms with Crippen LogP contribution in [0, 0.1) is 17.8 Å². The molecule has 0 saturated heterocycles. The number of hydrogen-bond acceptors (Lipinski definition) is 4. The second-order valence-electron chi connectivity index (χ2n) is 4.98. The summed E-state index contributed by atoms with van der Waals surface area (Å²) in [6.07, 6.45) is 2.21. The molecule has 0 aliphatic heterocycles. The fraction of sp³-hybridized carbons (Fsp3) is 0.571. The van der Waals surface area contributed by atoms with E-state index in [4.69, 9.17) is 4.74 Å². The van der Waals surface area contributed by atoms with Crippen LogP contribution in [-0.2, 0) is 4.79 Å². The van der Waals surface area contributed by atoms with E-state index in [9.17, 15) is 14.7 Å². The van der Waals surface area contributed by atoms with Gasteiger partial charge in [0.25, 0.3) is 0 Å². The highest BCUT2D eigenvalue weighted by Crippen LogP contribution is 2.42. The van der Waals surface area contributed by atoms with Gasteiger partial charge >= 0.3 is 5.97 Å². The van der Waals surface area contributed by atoms with Crippen molar-refractivity contribution in [2.75, 3.05) is 7.11 Å². The van der Waals surface area contributed by atoms with Crippen LogP contribution in [-0.4, -0.2) is 24.0 Å². The molecule has 1 aliphatic rings. The van der Waals surface area contributed by atoms with E-state index >= 15 is 0 Å². The van der Waals surface area contributed by atoms with E-state index in [0.29, 0.717) is 29.4 Å². The second kappa shape index (κ2) is 5.74. The summed E-state index contributed by atoms with van der Waals surface area (Å²) in [6, 6.07) is 1.75. The number of carbonyl (C=O) groups is 2. The molecule has 1 heterocycles. The second-order valence-corrected chi connectivity index (χ2v) is 5.90. The molecule has 19 heavy (non-hydrogen) atoms. The molecule has 3 unspecified atom stereocenters. The van der Waals surface area contributed by atoms with Gasteiger partial charge in [0.05, 0.1) is 13.0 Å². The SMILES string of the molecule is CCC1CC(C(=O)O)C(C(=O)c2sccc2OC)C1. The van der Waals surface area contributed by atoms with E-state index in [1.807, 2.05) is 6.92 Å². The first-order valence-corrected chi connectivity index (χ1v) is 7.34. The molecule has 1 N–H and O–H groups in total. The lowest BCUT2D eigenvalue weighted by molar-refractivity contribution is -0.142. The molecule has 1 fully saturated rings. The van der Waals surface area contributed by atoms with Crippen molar-refractivity contribution in [1.82, 2.24) is 0 Å². The normalized spacial score (nSPS) is 26.3. The topological polar surface area (TPSA) is 63.6 Å². The highest BCUT2D eigenvalue weighted by Gasteiger charge is 2.43. The Morgan fingerprint density at radius 1 is 1.42 bits per heavy atom. The van der Waals surface area contributed by atoms with Crippen molar-refractivity contribution in [3.63, 3.8) is 0 Å². The van der Waals surface area contributed by atoms with Crippen LogP contribution in [0.2, 0.25) is 0 Å². The molecule has 1 aliphatic carbocycles. The van der Waals surface area contributed by atoms with Crippen molar-refractivity contribution in [1.29, 1.82) is 0 Å². The van der Waals surface area contributed by atoms with Crippen molar-refractivity contribution in [2.45, 2.75) is 26.2 Å². The fourth-order valence-corrected chi connectivity index (χ4v) is 3.71. The van der Waals surface area contributed by atoms with Crippen LogP contribution in [0.15, 0.2) is 11.4 Å². The Labute approximate surface area is 116 Å². The Kier molecular flexibility index (Phi) is 4.24. The molecule has 3 atom stereocenters. The Balaban J connectivity index is 2.24. The summed E-state index contributed by atoms with van der Waals surface area (Å²) in [4.78, 5) is 24.4. The van der Waals surface area contributed by atoms with Gasteiger partial charge in [0, 0.05) is 5.92 Å². The van der Waals surface area contributed by atoms with Gasteiger partial charge in [-0.3, -0.25) is 9.59 Å². The summed E-state index contributed by atoms with van der Waals surface area (Å²) in [5.41, 5.74) is 0. The molecule has 2 rings (SSSR count). The lowest BCUT2D eigenvalue weighted by Gasteiger charge is -2.14. The Morgan fingerprint density at radius 2 is 2.11 bits per heavy atom. The number of ketones is 1. The Hall–Kier alpha value is -1.36. The monoisotopic (exact) mass is 282 g/mol. The third-order valence-electron chi connectivity index (χ3n) is 3.96. The van der Waals surface area contributed by atoms with Crippen molar-refractivity contribution < 1.29 is 19.4 Å². The summed E-state index contributed by atoms with van der Waals surface area (Å²) in [7, 11) is 1.52. The molecule has 1 saturated carbocycles. The number of aliphatic carboxylic acids is 1. The van der Waals surface area contributed by atoms with Crippen LogP contribution in [0.1, 0.15) is 35.9 Å². The smallest absolute Gasteiger partial charge is 0.307 e. The number of carboxylic acid groups (broad SMARTS) is 1. The van der Waals surface area contributed by atoms with Crippen LogP contribution < -0.4 is 4.74 Å². The zero-order valence-electron chi connectivity index (χ0n) is 11.1. The lowest BCUT2D eigenvalue weighted by atomic mass is 9.91. The average molecular weight is 282 g/mol. The highest BCUT2D eigenvalue weighted by molar-refractivity contribution is 7.12. The number of thiophene rings is 1. The summed E-state index contributed by atoms with van der Waals surface area (Å²) in [6.45, 7) is 2.04. The number of carbonyl (C=O) groups excluding carboxylic acids is 1. The van der Waals surface area contributed by atoms with Crippen molar-refractivity contribution >= 4 is 23.1 Å². The summed E-state index contributed by atoms with van der Waals surface area (Å²) in [5.74, 6) is -1.00. The van der Waals surface area contributed by atoms with Crippen molar-refractivity contribution in [2.24, 2.45) is 17.8 Å². The zero-order valence-corrected chi connectivity index (χ0v) is 11.9. The molecular weight excluding hydrogens is 264 g/mol. The van der Waals surface area contributed by atoms with E-state index in [0.717, 1.165) is 6.42 Å². The maximum Gasteiger partial charge on any atom is 0.307 e. The molecule has 0 spiro atoms. The largest absolute Gasteiger partial charge is 0.495 e. The van der Waals surface area contributed by atoms with Crippen molar-refractivity contribution in [3.8, 4) is 5.75 Å². The van der Waals surface area contributed by atoms with Gasteiger partial charge in [0.1, 0.15) is 10.6 Å². The molecule has 1 aromatic rings. The summed E-state index contributed by atoms with van der Waals surface area (Å²) >= 11 is 1.32. The first-order chi connectivity index (χ1) is 9.08. The minimum absolute atomic E-state index is 0.0739. The third kappa shape index (κ3) is 2.66. The van der Waals surface area contributed by atoms with E-state index < -0.39 is 17.8 Å². The van der Waals surface area contributed by atoms with E-state index in [1.165, 1.54) is 18.4 Å². The van der Waals surface area contributed by atoms with Gasteiger partial charge in [-0.15, -0.1) is 11.3 Å². The van der Waals surface area contributed by atoms with Gasteiger partial charge in [-0.25, -0.2) is 0 Å². The standard InChI is InChI=1S/C14H18O4S/c1-3-8-6-9(10(7-8)14(16)17)12(15)13-11(18-2)4-5-19-13/h4-5,8-10H,3,6-7H2,1-2H3,(H,16,17). The van der Waals surface area contributed by atoms with Crippen LogP contribution in [0.4, 0.5) is 0 Å². The maximum absolute atomic E-state index is 12.5. The van der Waals surface area contributed by atoms with Gasteiger partial charge in [-0.2, -0.15) is 0 Å². The lowest BCUT2D eigenvalue weighted by Crippen LogP contribution is -2.25. The number of hydrogen-bond donors (Lipinski definition) is 1. The fourth-order valence-electron chi connectivity index (χ4n) is 2.85. The zero-order chi connectivity index (χ0) is 14.0. The van der Waals surface area contributed by atoms with Gasteiger partial charge in [-0.1, -0.05) is 13.3 Å². The van der Waals surface area contributed by atoms with E-state index in [-0.39, 0.29) is 5.78 Å². The Bertz CT molecular complexity index is 480. The number of rotatable bonds is 5. The van der Waals surface area contributed by atoms with E-state index in [2.05, 4.69) is 0 Å². The minimum Gasteiger partial charge on any atom is -0.495 e. The first-order valence-electron chi connectivity index (χ1n) is 6.47. The van der Waals surface area contributed by atoms with Crippen LogP contribution in [0.5, 0.6) is 5.75 Å². The molecule has 0 amide bonds. The van der Waals surface area contributed by atoms with Crippen LogP contribution in [0.3, 0.4) is 0 Å². The number of carboxylic acids is 1. The molecule has 0 aromatic carbocycles. The summed E-state index contributed by atoms with van der Waals surface area (Å²) < 4.78 is 5.16. The highest BCUT2D eigenvalue weighted by atomic mass is 32.1. The maximum atomic E-state index is 12.5. The first kappa shape index (κ1) is 14.1. The predicted octanol–water partition coefficient (Wildman–Crippen LogP) is 3.08. The van der Waals surface area contributed by atoms with Gasteiger partial charge in [0.15, 0.2) is 5.78 Å². The van der Waals surface area contributed by atoms with Crippen LogP contribution >= 0.6 is 11.3 Å². The number of ether oxygens (including phenoxy) is 1. The minimum atomic E-state index is -0.857. The molecule has 5 heteroatoms. The molecule has 1 aromatic heterocycles. The van der Waals surface area contributed by atoms with Gasteiger partial charge in [-0.05, 0) is 30.2 Å². The predicted molar refractivity (Wildman–Crippen MR) is 72.8 cm³/mol. The van der Waals surface area contributed by atoms with Gasteiger partial charge in [0.2, 0.25) is 0 Å². The molecule has 0 bridgehead atoms. The number of methoxy groups -OCH3 is 1. The van der Waals surface area contributed by atoms with E-state index in [1.54, 1.807) is 11.4 Å². The molecule has 0 radical (unpaired) electrons.